The standard InChI is InChI=1S/C21H22ClN5O2/c1-2-3-4-9-20(29)23-16-12-10-15(11-13-16)19(28)14-27-25-21(24-26-27)17-7-5-6-8-18(17)22/h5-8,10-13H,2-4,9,14H2,1H3,(H,23,29). The van der Waals surface area contributed by atoms with Crippen molar-refractivity contribution in [3.05, 3.63) is 59.1 Å². The van der Waals surface area contributed by atoms with E-state index in [0.29, 0.717) is 34.1 Å². The summed E-state index contributed by atoms with van der Waals surface area (Å²) in [6, 6.07) is 14.0. The van der Waals surface area contributed by atoms with Gasteiger partial charge in [0, 0.05) is 23.2 Å². The third kappa shape index (κ3) is 5.71. The highest BCUT2D eigenvalue weighted by Gasteiger charge is 2.13. The van der Waals surface area contributed by atoms with Gasteiger partial charge < -0.3 is 5.32 Å². The number of nitrogens with zero attached hydrogens (tertiary/aromatic N) is 4. The Labute approximate surface area is 174 Å². The fourth-order valence-electron chi connectivity index (χ4n) is 2.78. The van der Waals surface area contributed by atoms with Crippen molar-refractivity contribution >= 4 is 29.0 Å². The largest absolute Gasteiger partial charge is 0.326 e. The van der Waals surface area contributed by atoms with Gasteiger partial charge in [0.1, 0.15) is 6.54 Å². The maximum absolute atomic E-state index is 12.5. The molecule has 0 bridgehead atoms. The predicted octanol–water partition coefficient (Wildman–Crippen LogP) is 4.40. The van der Waals surface area contributed by atoms with Crippen LogP contribution in [-0.2, 0) is 11.3 Å². The number of unbranched alkanes of at least 4 members (excludes halogenated alkanes) is 2. The SMILES string of the molecule is CCCCCC(=O)Nc1ccc(C(=O)Cn2nnc(-c3ccccc3Cl)n2)cc1. The van der Waals surface area contributed by atoms with E-state index in [0.717, 1.165) is 19.3 Å². The quantitative estimate of drug-likeness (QED) is 0.416. The summed E-state index contributed by atoms with van der Waals surface area (Å²) in [5, 5.41) is 15.5. The van der Waals surface area contributed by atoms with Gasteiger partial charge in [-0.05, 0) is 48.0 Å². The number of carbonyl (C=O) groups excluding carboxylic acids is 2. The Morgan fingerprint density at radius 1 is 1.07 bits per heavy atom. The molecule has 3 rings (SSSR count). The van der Waals surface area contributed by atoms with Crippen molar-refractivity contribution in [3.8, 4) is 11.4 Å². The van der Waals surface area contributed by atoms with Crippen LogP contribution < -0.4 is 5.32 Å². The molecule has 0 atom stereocenters. The molecule has 2 aromatic carbocycles. The number of amides is 1. The van der Waals surface area contributed by atoms with Crippen LogP contribution >= 0.6 is 11.6 Å². The molecule has 1 N–H and O–H groups in total. The second-order valence-electron chi connectivity index (χ2n) is 6.63. The summed E-state index contributed by atoms with van der Waals surface area (Å²) in [5.74, 6) is 0.190. The van der Waals surface area contributed by atoms with Gasteiger partial charge in [-0.25, -0.2) is 0 Å². The van der Waals surface area contributed by atoms with Gasteiger partial charge in [0.05, 0.1) is 5.02 Å². The summed E-state index contributed by atoms with van der Waals surface area (Å²) in [7, 11) is 0. The third-order valence-corrected chi connectivity index (χ3v) is 4.68. The molecule has 150 valence electrons. The number of tetrazole rings is 1. The van der Waals surface area contributed by atoms with Crippen molar-refractivity contribution < 1.29 is 9.59 Å². The Hall–Kier alpha value is -3.06. The van der Waals surface area contributed by atoms with Crippen LogP contribution in [0.25, 0.3) is 11.4 Å². The molecule has 1 aromatic heterocycles. The van der Waals surface area contributed by atoms with Crippen LogP contribution in [-0.4, -0.2) is 31.9 Å². The predicted molar refractivity (Wildman–Crippen MR) is 112 cm³/mol. The average Bonchev–Trinajstić information content (AvgIpc) is 3.17. The zero-order chi connectivity index (χ0) is 20.6. The molecule has 0 aliphatic rings. The summed E-state index contributed by atoms with van der Waals surface area (Å²) in [4.78, 5) is 25.6. The van der Waals surface area contributed by atoms with Gasteiger partial charge >= 0.3 is 0 Å². The molecule has 8 heteroatoms. The molecular weight excluding hydrogens is 390 g/mol. The van der Waals surface area contributed by atoms with Gasteiger partial charge in [0.15, 0.2) is 5.78 Å². The van der Waals surface area contributed by atoms with Crippen molar-refractivity contribution in [3.63, 3.8) is 0 Å². The minimum absolute atomic E-state index is 0.0172. The molecule has 1 amide bonds. The van der Waals surface area contributed by atoms with Crippen molar-refractivity contribution in [1.82, 2.24) is 20.2 Å². The first kappa shape index (κ1) is 20.7. The number of hydrogen-bond acceptors (Lipinski definition) is 5. The van der Waals surface area contributed by atoms with Crippen LogP contribution in [0.1, 0.15) is 43.0 Å². The molecule has 0 fully saturated rings. The lowest BCUT2D eigenvalue weighted by atomic mass is 10.1. The van der Waals surface area contributed by atoms with Gasteiger partial charge in [0.2, 0.25) is 11.7 Å². The van der Waals surface area contributed by atoms with Crippen molar-refractivity contribution in [2.45, 2.75) is 39.2 Å². The van der Waals surface area contributed by atoms with Crippen molar-refractivity contribution in [2.75, 3.05) is 5.32 Å². The highest BCUT2D eigenvalue weighted by molar-refractivity contribution is 6.33. The van der Waals surface area contributed by atoms with Crippen LogP contribution in [0.15, 0.2) is 48.5 Å². The Morgan fingerprint density at radius 2 is 1.83 bits per heavy atom. The highest BCUT2D eigenvalue weighted by atomic mass is 35.5. The van der Waals surface area contributed by atoms with E-state index in [2.05, 4.69) is 27.7 Å². The van der Waals surface area contributed by atoms with Gasteiger partial charge in [-0.3, -0.25) is 9.59 Å². The summed E-state index contributed by atoms with van der Waals surface area (Å²) in [6.45, 7) is 2.06. The van der Waals surface area contributed by atoms with E-state index in [1.54, 1.807) is 36.4 Å². The number of hydrogen-bond donors (Lipinski definition) is 1. The topological polar surface area (TPSA) is 89.8 Å². The molecule has 0 unspecified atom stereocenters. The zero-order valence-corrected chi connectivity index (χ0v) is 16.9. The number of carbonyl (C=O) groups is 2. The molecule has 0 radical (unpaired) electrons. The van der Waals surface area contributed by atoms with Crippen LogP contribution in [0, 0.1) is 0 Å². The molecule has 0 spiro atoms. The molecule has 29 heavy (non-hydrogen) atoms. The minimum Gasteiger partial charge on any atom is -0.326 e. The van der Waals surface area contributed by atoms with Crippen LogP contribution in [0.2, 0.25) is 5.02 Å². The summed E-state index contributed by atoms with van der Waals surface area (Å²) in [6.07, 6.45) is 3.49. The summed E-state index contributed by atoms with van der Waals surface area (Å²) in [5.41, 5.74) is 1.83. The smallest absolute Gasteiger partial charge is 0.224 e. The summed E-state index contributed by atoms with van der Waals surface area (Å²) >= 11 is 6.14. The zero-order valence-electron chi connectivity index (χ0n) is 16.1. The lowest BCUT2D eigenvalue weighted by molar-refractivity contribution is -0.116. The number of rotatable bonds is 9. The Kier molecular flexibility index (Phi) is 7.08. The normalized spacial score (nSPS) is 10.7. The number of Topliss-reactive ketones (excluding diaryl/α,β-unsaturated/α-hetero) is 1. The minimum atomic E-state index is -0.158. The van der Waals surface area contributed by atoms with Crippen molar-refractivity contribution in [1.29, 1.82) is 0 Å². The second kappa shape index (κ2) is 9.93. The molecule has 0 saturated heterocycles. The first-order chi connectivity index (χ1) is 14.1. The Balaban J connectivity index is 1.59. The maximum Gasteiger partial charge on any atom is 0.224 e. The number of anilines is 1. The molecule has 3 aromatic rings. The van der Waals surface area contributed by atoms with Gasteiger partial charge in [-0.1, -0.05) is 43.5 Å². The van der Waals surface area contributed by atoms with E-state index in [9.17, 15) is 9.59 Å². The Bertz CT molecular complexity index is 985. The van der Waals surface area contributed by atoms with E-state index in [4.69, 9.17) is 11.6 Å². The van der Waals surface area contributed by atoms with Crippen LogP contribution in [0.4, 0.5) is 5.69 Å². The lowest BCUT2D eigenvalue weighted by Gasteiger charge is -2.06. The van der Waals surface area contributed by atoms with Crippen LogP contribution in [0.3, 0.4) is 0 Å². The average molecular weight is 412 g/mol. The van der Waals surface area contributed by atoms with E-state index >= 15 is 0 Å². The van der Waals surface area contributed by atoms with Gasteiger partial charge in [-0.15, -0.1) is 10.2 Å². The highest BCUT2D eigenvalue weighted by Crippen LogP contribution is 2.23. The number of aromatic nitrogens is 4. The molecule has 7 nitrogen and oxygen atoms in total. The van der Waals surface area contributed by atoms with Gasteiger partial charge in [0.25, 0.3) is 0 Å². The van der Waals surface area contributed by atoms with E-state index in [-0.39, 0.29) is 18.2 Å². The molecule has 1 heterocycles. The van der Waals surface area contributed by atoms with Crippen molar-refractivity contribution in [2.24, 2.45) is 0 Å². The first-order valence-electron chi connectivity index (χ1n) is 9.52. The number of ketones is 1. The molecule has 0 saturated carbocycles. The third-order valence-electron chi connectivity index (χ3n) is 4.35. The molecule has 0 aliphatic carbocycles. The maximum atomic E-state index is 12.5. The Morgan fingerprint density at radius 3 is 2.55 bits per heavy atom. The number of benzene rings is 2. The molecular formula is C21H22ClN5O2. The second-order valence-corrected chi connectivity index (χ2v) is 7.04. The fraction of sp³-hybridized carbons (Fsp3) is 0.286. The lowest BCUT2D eigenvalue weighted by Crippen LogP contribution is -2.14. The van der Waals surface area contributed by atoms with Gasteiger partial charge in [-0.2, -0.15) is 4.80 Å². The summed E-state index contributed by atoms with van der Waals surface area (Å²) < 4.78 is 0. The fourth-order valence-corrected chi connectivity index (χ4v) is 3.00. The number of nitrogens with one attached hydrogen (secondary N) is 1. The van der Waals surface area contributed by atoms with E-state index in [1.165, 1.54) is 4.80 Å². The molecule has 0 aliphatic heterocycles. The first-order valence-corrected chi connectivity index (χ1v) is 9.90. The van der Waals surface area contributed by atoms with E-state index < -0.39 is 0 Å². The van der Waals surface area contributed by atoms with Crippen LogP contribution in [0.5, 0.6) is 0 Å². The van der Waals surface area contributed by atoms with E-state index in [1.807, 2.05) is 12.1 Å². The monoisotopic (exact) mass is 411 g/mol. The number of halogens is 1.